The molecule has 0 aromatic heterocycles. The summed E-state index contributed by atoms with van der Waals surface area (Å²) in [5.41, 5.74) is -0.00347. The van der Waals surface area contributed by atoms with Crippen LogP contribution in [-0.2, 0) is 9.59 Å². The van der Waals surface area contributed by atoms with Gasteiger partial charge >= 0.3 is 5.97 Å². The minimum atomic E-state index is -0.871. The maximum absolute atomic E-state index is 12.0. The fourth-order valence-corrected chi connectivity index (χ4v) is 2.33. The first kappa shape index (κ1) is 15.0. The van der Waals surface area contributed by atoms with E-state index in [1.54, 1.807) is 0 Å². The predicted octanol–water partition coefficient (Wildman–Crippen LogP) is 1.13. The summed E-state index contributed by atoms with van der Waals surface area (Å²) in [5.74, 6) is -0.938. The molecular weight excluding hydrogens is 232 g/mol. The first-order chi connectivity index (χ1) is 8.28. The minimum Gasteiger partial charge on any atom is -0.481 e. The number of carbonyl (C=O) groups is 2. The van der Waals surface area contributed by atoms with Gasteiger partial charge in [-0.05, 0) is 31.2 Å². The Morgan fingerprint density at radius 3 is 2.56 bits per heavy atom. The van der Waals surface area contributed by atoms with Crippen molar-refractivity contribution in [3.8, 4) is 0 Å². The number of amides is 1. The Morgan fingerprint density at radius 1 is 1.44 bits per heavy atom. The molecule has 3 N–H and O–H groups in total. The van der Waals surface area contributed by atoms with Crippen molar-refractivity contribution in [3.05, 3.63) is 0 Å². The van der Waals surface area contributed by atoms with Crippen LogP contribution in [0.25, 0.3) is 0 Å². The Morgan fingerprint density at radius 2 is 2.11 bits per heavy atom. The normalized spacial score (nSPS) is 21.6. The zero-order chi connectivity index (χ0) is 13.8. The average molecular weight is 256 g/mol. The van der Waals surface area contributed by atoms with Gasteiger partial charge in [0, 0.05) is 6.04 Å². The second-order valence-electron chi connectivity index (χ2n) is 6.22. The molecule has 0 spiro atoms. The molecule has 0 aliphatic carbocycles. The lowest BCUT2D eigenvalue weighted by atomic mass is 9.87. The lowest BCUT2D eigenvalue weighted by molar-refractivity contribution is -0.138. The Balaban J connectivity index is 2.53. The van der Waals surface area contributed by atoms with E-state index in [0.29, 0.717) is 6.42 Å². The summed E-state index contributed by atoms with van der Waals surface area (Å²) in [6, 6.07) is -0.446. The van der Waals surface area contributed by atoms with Crippen molar-refractivity contribution in [1.29, 1.82) is 0 Å². The third kappa shape index (κ3) is 5.49. The first-order valence-corrected chi connectivity index (χ1v) is 6.53. The molecule has 1 amide bonds. The van der Waals surface area contributed by atoms with Gasteiger partial charge in [-0.25, -0.2) is 0 Å². The van der Waals surface area contributed by atoms with Crippen LogP contribution in [-0.4, -0.2) is 35.6 Å². The molecule has 1 fully saturated rings. The van der Waals surface area contributed by atoms with Gasteiger partial charge in [-0.15, -0.1) is 0 Å². The van der Waals surface area contributed by atoms with Crippen LogP contribution in [0.5, 0.6) is 0 Å². The van der Waals surface area contributed by atoms with Gasteiger partial charge < -0.3 is 15.7 Å². The molecule has 1 aliphatic rings. The molecule has 2 unspecified atom stereocenters. The Labute approximate surface area is 108 Å². The largest absolute Gasteiger partial charge is 0.481 e. The summed E-state index contributed by atoms with van der Waals surface area (Å²) in [6.07, 6.45) is 2.48. The van der Waals surface area contributed by atoms with Gasteiger partial charge in [-0.2, -0.15) is 0 Å². The highest BCUT2D eigenvalue weighted by atomic mass is 16.4. The zero-order valence-electron chi connectivity index (χ0n) is 11.5. The quantitative estimate of drug-likeness (QED) is 0.689. The fraction of sp³-hybridized carbons (Fsp3) is 0.846. The summed E-state index contributed by atoms with van der Waals surface area (Å²) in [7, 11) is 0. The number of aliphatic carboxylic acids is 1. The molecule has 1 rings (SSSR count). The Kier molecular flexibility index (Phi) is 5.14. The summed E-state index contributed by atoms with van der Waals surface area (Å²) in [6.45, 7) is 6.99. The highest BCUT2D eigenvalue weighted by Crippen LogP contribution is 2.22. The number of hydrogen-bond donors (Lipinski definition) is 3. The van der Waals surface area contributed by atoms with E-state index in [1.165, 1.54) is 0 Å². The molecule has 2 atom stereocenters. The van der Waals surface area contributed by atoms with Crippen molar-refractivity contribution in [1.82, 2.24) is 10.6 Å². The highest BCUT2D eigenvalue weighted by molar-refractivity contribution is 5.82. The van der Waals surface area contributed by atoms with Crippen LogP contribution in [0.4, 0.5) is 0 Å². The zero-order valence-corrected chi connectivity index (χ0v) is 11.5. The van der Waals surface area contributed by atoms with Crippen LogP contribution >= 0.6 is 0 Å². The molecular formula is C13H24N2O3. The van der Waals surface area contributed by atoms with E-state index in [1.807, 2.05) is 20.8 Å². The van der Waals surface area contributed by atoms with Crippen molar-refractivity contribution in [3.63, 3.8) is 0 Å². The third-order valence-corrected chi connectivity index (χ3v) is 3.00. The summed E-state index contributed by atoms with van der Waals surface area (Å²) >= 11 is 0. The van der Waals surface area contributed by atoms with E-state index >= 15 is 0 Å². The van der Waals surface area contributed by atoms with Crippen molar-refractivity contribution >= 4 is 11.9 Å². The van der Waals surface area contributed by atoms with Crippen molar-refractivity contribution in [2.24, 2.45) is 5.41 Å². The van der Waals surface area contributed by atoms with Gasteiger partial charge in [0.1, 0.15) is 0 Å². The molecule has 0 aromatic rings. The van der Waals surface area contributed by atoms with Crippen LogP contribution in [0, 0.1) is 5.41 Å². The van der Waals surface area contributed by atoms with Gasteiger partial charge in [0.25, 0.3) is 0 Å². The van der Waals surface area contributed by atoms with E-state index < -0.39 is 5.97 Å². The smallest absolute Gasteiger partial charge is 0.305 e. The lowest BCUT2D eigenvalue weighted by Gasteiger charge is -2.26. The fourth-order valence-electron chi connectivity index (χ4n) is 2.33. The molecule has 0 bridgehead atoms. The number of carboxylic acid groups (broad SMARTS) is 1. The van der Waals surface area contributed by atoms with Gasteiger partial charge in [-0.3, -0.25) is 9.59 Å². The minimum absolute atomic E-state index is 0.00347. The first-order valence-electron chi connectivity index (χ1n) is 6.53. The second kappa shape index (κ2) is 6.18. The number of carboxylic acids is 1. The number of hydrogen-bond acceptors (Lipinski definition) is 3. The van der Waals surface area contributed by atoms with Gasteiger partial charge in [0.15, 0.2) is 0 Å². The maximum Gasteiger partial charge on any atom is 0.305 e. The van der Waals surface area contributed by atoms with Crippen molar-refractivity contribution < 1.29 is 14.7 Å². The van der Waals surface area contributed by atoms with Crippen LogP contribution in [0.15, 0.2) is 0 Å². The van der Waals surface area contributed by atoms with Crippen LogP contribution < -0.4 is 10.6 Å². The standard InChI is InChI=1S/C13H24N2O3/c1-13(2,3)8-9(7-11(16)17)15-12(18)10-5-4-6-14-10/h9-10,14H,4-8H2,1-3H3,(H,15,18)(H,16,17). The van der Waals surface area contributed by atoms with E-state index in [4.69, 9.17) is 5.11 Å². The Hall–Kier alpha value is -1.10. The van der Waals surface area contributed by atoms with E-state index in [9.17, 15) is 9.59 Å². The number of rotatable bonds is 5. The van der Waals surface area contributed by atoms with Gasteiger partial charge in [-0.1, -0.05) is 20.8 Å². The van der Waals surface area contributed by atoms with Crippen molar-refractivity contribution in [2.45, 2.75) is 58.5 Å². The molecule has 5 heteroatoms. The topological polar surface area (TPSA) is 78.4 Å². The van der Waals surface area contributed by atoms with Gasteiger partial charge in [0.2, 0.25) is 5.91 Å². The van der Waals surface area contributed by atoms with E-state index in [0.717, 1.165) is 19.4 Å². The molecule has 1 saturated heterocycles. The van der Waals surface area contributed by atoms with E-state index in [-0.39, 0.29) is 29.8 Å². The van der Waals surface area contributed by atoms with E-state index in [2.05, 4.69) is 10.6 Å². The molecule has 0 radical (unpaired) electrons. The van der Waals surface area contributed by atoms with Crippen molar-refractivity contribution in [2.75, 3.05) is 6.54 Å². The third-order valence-electron chi connectivity index (χ3n) is 3.00. The molecule has 0 saturated carbocycles. The summed E-state index contributed by atoms with van der Waals surface area (Å²) < 4.78 is 0. The lowest BCUT2D eigenvalue weighted by Crippen LogP contribution is -2.47. The Bertz CT molecular complexity index is 304. The molecule has 5 nitrogen and oxygen atoms in total. The maximum atomic E-state index is 12.0. The van der Waals surface area contributed by atoms with Crippen LogP contribution in [0.3, 0.4) is 0 Å². The summed E-state index contributed by atoms with van der Waals surface area (Å²) in [5, 5.41) is 14.9. The summed E-state index contributed by atoms with van der Waals surface area (Å²) in [4.78, 5) is 22.8. The molecule has 18 heavy (non-hydrogen) atoms. The number of carbonyl (C=O) groups excluding carboxylic acids is 1. The predicted molar refractivity (Wildman–Crippen MR) is 69.3 cm³/mol. The molecule has 1 heterocycles. The molecule has 1 aliphatic heterocycles. The monoisotopic (exact) mass is 256 g/mol. The van der Waals surface area contributed by atoms with Crippen LogP contribution in [0.2, 0.25) is 0 Å². The van der Waals surface area contributed by atoms with Gasteiger partial charge in [0.05, 0.1) is 12.5 Å². The SMILES string of the molecule is CC(C)(C)CC(CC(=O)O)NC(=O)C1CCCN1. The second-order valence-corrected chi connectivity index (χ2v) is 6.22. The average Bonchev–Trinajstić information content (AvgIpc) is 2.65. The van der Waals surface area contributed by atoms with Crippen LogP contribution in [0.1, 0.15) is 46.5 Å². The molecule has 0 aromatic carbocycles. The highest BCUT2D eigenvalue weighted by Gasteiger charge is 2.27. The molecule has 104 valence electrons. The number of nitrogens with one attached hydrogen (secondary N) is 2.